The number of hydrogen-bond acceptors (Lipinski definition) is 3. The Morgan fingerprint density at radius 3 is 3.12 bits per heavy atom. The third-order valence-corrected chi connectivity index (χ3v) is 2.47. The summed E-state index contributed by atoms with van der Waals surface area (Å²) in [5, 5.41) is 14.1. The van der Waals surface area contributed by atoms with Gasteiger partial charge >= 0.3 is 6.03 Å². The Morgan fingerprint density at radius 1 is 1.53 bits per heavy atom. The van der Waals surface area contributed by atoms with E-state index in [4.69, 9.17) is 10.00 Å². The molecular formula is C12H13N3O2. The Bertz CT molecular complexity index is 447. The number of nitriles is 1. The predicted octanol–water partition coefficient (Wildman–Crippen LogP) is 1.82. The fourth-order valence-corrected chi connectivity index (χ4v) is 1.67. The van der Waals surface area contributed by atoms with Crippen LogP contribution in [0.1, 0.15) is 18.4 Å². The molecule has 2 N–H and O–H groups in total. The summed E-state index contributed by atoms with van der Waals surface area (Å²) in [4.78, 5) is 11.6. The molecule has 5 nitrogen and oxygen atoms in total. The van der Waals surface area contributed by atoms with Crippen molar-refractivity contribution in [3.63, 3.8) is 0 Å². The molecule has 2 rings (SSSR count). The Labute approximate surface area is 99.4 Å². The lowest BCUT2D eigenvalue weighted by atomic mass is 10.2. The van der Waals surface area contributed by atoms with Crippen molar-refractivity contribution in [2.45, 2.75) is 19.1 Å². The Kier molecular flexibility index (Phi) is 3.58. The molecule has 88 valence electrons. The van der Waals surface area contributed by atoms with Gasteiger partial charge in [-0.1, -0.05) is 6.07 Å². The van der Waals surface area contributed by atoms with Crippen molar-refractivity contribution < 1.29 is 9.53 Å². The van der Waals surface area contributed by atoms with Gasteiger partial charge < -0.3 is 15.4 Å². The maximum atomic E-state index is 11.6. The van der Waals surface area contributed by atoms with E-state index in [1.54, 1.807) is 24.3 Å². The molecule has 0 saturated carbocycles. The maximum absolute atomic E-state index is 11.6. The van der Waals surface area contributed by atoms with E-state index in [-0.39, 0.29) is 12.3 Å². The number of benzene rings is 1. The lowest BCUT2D eigenvalue weighted by molar-refractivity contribution is 0.0928. The normalized spacial score (nSPS) is 18.4. The fourth-order valence-electron chi connectivity index (χ4n) is 1.67. The third kappa shape index (κ3) is 3.20. The zero-order valence-electron chi connectivity index (χ0n) is 9.27. The van der Waals surface area contributed by atoms with Crippen LogP contribution in [0.2, 0.25) is 0 Å². The van der Waals surface area contributed by atoms with Crippen LogP contribution in [0.5, 0.6) is 0 Å². The number of hydrogen-bond donors (Lipinski definition) is 2. The second-order valence-electron chi connectivity index (χ2n) is 3.79. The molecule has 1 aromatic carbocycles. The van der Waals surface area contributed by atoms with Crippen molar-refractivity contribution in [3.05, 3.63) is 29.8 Å². The van der Waals surface area contributed by atoms with Crippen LogP contribution >= 0.6 is 0 Å². The smallest absolute Gasteiger partial charge is 0.321 e. The zero-order chi connectivity index (χ0) is 12.1. The summed E-state index contributed by atoms with van der Waals surface area (Å²) in [5.74, 6) is 0. The van der Waals surface area contributed by atoms with E-state index in [9.17, 15) is 4.79 Å². The average molecular weight is 231 g/mol. The summed E-state index contributed by atoms with van der Waals surface area (Å²) >= 11 is 0. The molecular weight excluding hydrogens is 218 g/mol. The lowest BCUT2D eigenvalue weighted by Crippen LogP contribution is -2.37. The molecule has 1 fully saturated rings. The molecule has 1 saturated heterocycles. The average Bonchev–Trinajstić information content (AvgIpc) is 2.82. The number of nitrogens with one attached hydrogen (secondary N) is 2. The van der Waals surface area contributed by atoms with Crippen LogP contribution in [0.15, 0.2) is 24.3 Å². The highest BCUT2D eigenvalue weighted by molar-refractivity contribution is 5.89. The van der Waals surface area contributed by atoms with Crippen LogP contribution in [0.25, 0.3) is 0 Å². The molecule has 1 aromatic rings. The SMILES string of the molecule is N#Cc1cccc(NC(=O)NC2CCCO2)c1. The van der Waals surface area contributed by atoms with Gasteiger partial charge in [0.05, 0.1) is 11.6 Å². The van der Waals surface area contributed by atoms with Gasteiger partial charge in [0.2, 0.25) is 0 Å². The molecule has 5 heteroatoms. The van der Waals surface area contributed by atoms with Crippen LogP contribution in [-0.4, -0.2) is 18.9 Å². The van der Waals surface area contributed by atoms with Crippen LogP contribution in [0.4, 0.5) is 10.5 Å². The van der Waals surface area contributed by atoms with Crippen molar-refractivity contribution in [2.24, 2.45) is 0 Å². The number of anilines is 1. The summed E-state index contributed by atoms with van der Waals surface area (Å²) in [5.41, 5.74) is 1.11. The first kappa shape index (κ1) is 11.4. The maximum Gasteiger partial charge on any atom is 0.321 e. The number of ether oxygens (including phenoxy) is 1. The van der Waals surface area contributed by atoms with Crippen molar-refractivity contribution in [1.82, 2.24) is 5.32 Å². The topological polar surface area (TPSA) is 74.2 Å². The molecule has 0 aliphatic carbocycles. The molecule has 17 heavy (non-hydrogen) atoms. The van der Waals surface area contributed by atoms with Gasteiger partial charge in [-0.2, -0.15) is 5.26 Å². The molecule has 1 unspecified atom stereocenters. The number of urea groups is 1. The van der Waals surface area contributed by atoms with Crippen LogP contribution in [-0.2, 0) is 4.74 Å². The Hall–Kier alpha value is -2.06. The van der Waals surface area contributed by atoms with Gasteiger partial charge in [-0.15, -0.1) is 0 Å². The first-order valence-corrected chi connectivity index (χ1v) is 5.47. The molecule has 0 spiro atoms. The standard InChI is InChI=1S/C12H13N3O2/c13-8-9-3-1-4-10(7-9)14-12(16)15-11-5-2-6-17-11/h1,3-4,7,11H,2,5-6H2,(H2,14,15,16). The van der Waals surface area contributed by atoms with Crippen molar-refractivity contribution in [1.29, 1.82) is 5.26 Å². The summed E-state index contributed by atoms with van der Waals surface area (Å²) in [6.45, 7) is 0.689. The van der Waals surface area contributed by atoms with E-state index in [1.807, 2.05) is 6.07 Å². The second kappa shape index (κ2) is 5.32. The van der Waals surface area contributed by atoms with E-state index in [0.717, 1.165) is 12.8 Å². The van der Waals surface area contributed by atoms with E-state index in [2.05, 4.69) is 10.6 Å². The highest BCUT2D eigenvalue weighted by atomic mass is 16.5. The van der Waals surface area contributed by atoms with Crippen molar-refractivity contribution in [2.75, 3.05) is 11.9 Å². The van der Waals surface area contributed by atoms with Gasteiger partial charge in [0.1, 0.15) is 6.23 Å². The summed E-state index contributed by atoms with van der Waals surface area (Å²) < 4.78 is 5.28. The van der Waals surface area contributed by atoms with E-state index < -0.39 is 0 Å². The summed E-state index contributed by atoms with van der Waals surface area (Å²) in [6.07, 6.45) is 1.61. The van der Waals surface area contributed by atoms with Gasteiger partial charge in [-0.25, -0.2) is 4.79 Å². The van der Waals surface area contributed by atoms with Crippen molar-refractivity contribution in [3.8, 4) is 6.07 Å². The summed E-state index contributed by atoms with van der Waals surface area (Å²) in [7, 11) is 0. The highest BCUT2D eigenvalue weighted by Gasteiger charge is 2.17. The first-order chi connectivity index (χ1) is 8.28. The molecule has 0 bridgehead atoms. The molecule has 1 heterocycles. The lowest BCUT2D eigenvalue weighted by Gasteiger charge is -2.12. The minimum Gasteiger partial charge on any atom is -0.358 e. The predicted molar refractivity (Wildman–Crippen MR) is 62.3 cm³/mol. The second-order valence-corrected chi connectivity index (χ2v) is 3.79. The highest BCUT2D eigenvalue weighted by Crippen LogP contribution is 2.11. The molecule has 1 aliphatic rings. The number of amides is 2. The summed E-state index contributed by atoms with van der Waals surface area (Å²) in [6, 6.07) is 8.46. The van der Waals surface area contributed by atoms with E-state index in [0.29, 0.717) is 17.9 Å². The van der Waals surface area contributed by atoms with E-state index in [1.165, 1.54) is 0 Å². The Balaban J connectivity index is 1.91. The monoisotopic (exact) mass is 231 g/mol. The van der Waals surface area contributed by atoms with Gasteiger partial charge in [0.25, 0.3) is 0 Å². The minimum absolute atomic E-state index is 0.200. The zero-order valence-corrected chi connectivity index (χ0v) is 9.27. The molecule has 1 atom stereocenters. The van der Waals surface area contributed by atoms with Gasteiger partial charge in [-0.3, -0.25) is 0 Å². The fraction of sp³-hybridized carbons (Fsp3) is 0.333. The van der Waals surface area contributed by atoms with Crippen LogP contribution in [0, 0.1) is 11.3 Å². The minimum atomic E-state index is -0.313. The first-order valence-electron chi connectivity index (χ1n) is 5.47. The number of carbonyl (C=O) groups excluding carboxylic acids is 1. The van der Waals surface area contributed by atoms with Crippen LogP contribution in [0.3, 0.4) is 0 Å². The largest absolute Gasteiger partial charge is 0.358 e. The van der Waals surface area contributed by atoms with E-state index >= 15 is 0 Å². The Morgan fingerprint density at radius 2 is 2.41 bits per heavy atom. The number of nitrogens with zero attached hydrogens (tertiary/aromatic N) is 1. The number of carbonyl (C=O) groups is 1. The quantitative estimate of drug-likeness (QED) is 0.815. The third-order valence-electron chi connectivity index (χ3n) is 2.47. The van der Waals surface area contributed by atoms with Gasteiger partial charge in [-0.05, 0) is 31.0 Å². The molecule has 0 radical (unpaired) electrons. The van der Waals surface area contributed by atoms with Crippen molar-refractivity contribution >= 4 is 11.7 Å². The van der Waals surface area contributed by atoms with Crippen LogP contribution < -0.4 is 10.6 Å². The van der Waals surface area contributed by atoms with Gasteiger partial charge in [0.15, 0.2) is 0 Å². The molecule has 1 aliphatic heterocycles. The molecule has 2 amide bonds. The molecule has 0 aromatic heterocycles. The number of rotatable bonds is 2. The van der Waals surface area contributed by atoms with Gasteiger partial charge in [0, 0.05) is 12.3 Å².